The molecule has 0 radical (unpaired) electrons. The predicted octanol–water partition coefficient (Wildman–Crippen LogP) is 3.53. The normalized spacial score (nSPS) is 12.0. The summed E-state index contributed by atoms with van der Waals surface area (Å²) in [7, 11) is 0. The fourth-order valence-electron chi connectivity index (χ4n) is 3.08. The molecule has 1 atom stereocenters. The van der Waals surface area contributed by atoms with Gasteiger partial charge in [-0.05, 0) is 37.8 Å². The van der Waals surface area contributed by atoms with Crippen LogP contribution in [0.1, 0.15) is 44.2 Å². The second-order valence-electron chi connectivity index (χ2n) is 5.99. The van der Waals surface area contributed by atoms with Gasteiger partial charge in [0.05, 0.1) is 13.1 Å². The van der Waals surface area contributed by atoms with Crippen molar-refractivity contribution >= 4 is 0 Å². The lowest BCUT2D eigenvalue weighted by Gasteiger charge is -2.19. The van der Waals surface area contributed by atoms with E-state index in [9.17, 15) is 0 Å². The van der Waals surface area contributed by atoms with Gasteiger partial charge in [-0.15, -0.1) is 0 Å². The Morgan fingerprint density at radius 1 is 0.826 bits per heavy atom. The lowest BCUT2D eigenvalue weighted by molar-refractivity contribution is -0.911. The molecule has 0 aromatic heterocycles. The number of hydrogen-bond acceptors (Lipinski definition) is 0. The molecule has 1 N–H and O–H groups in total. The SMILES string of the molecule is CC[NH+](CC)C(C)C#CCC(c1ccccc1)c1ccccc1. The fraction of sp³-hybridized carbons (Fsp3) is 0.364. The first-order chi connectivity index (χ1) is 11.3. The van der Waals surface area contributed by atoms with Crippen LogP contribution in [0.2, 0.25) is 0 Å². The molecule has 2 rings (SSSR count). The molecule has 0 saturated carbocycles. The second-order valence-corrected chi connectivity index (χ2v) is 5.99. The molecule has 0 heterocycles. The highest BCUT2D eigenvalue weighted by atomic mass is 15.1. The van der Waals surface area contributed by atoms with Crippen molar-refractivity contribution in [3.8, 4) is 11.8 Å². The zero-order valence-corrected chi connectivity index (χ0v) is 14.5. The molecule has 1 heteroatoms. The van der Waals surface area contributed by atoms with Gasteiger partial charge in [-0.2, -0.15) is 0 Å². The number of hydrogen-bond donors (Lipinski definition) is 1. The summed E-state index contributed by atoms with van der Waals surface area (Å²) in [5, 5.41) is 0. The Labute approximate surface area is 141 Å². The molecule has 2 aromatic rings. The van der Waals surface area contributed by atoms with E-state index in [0.717, 1.165) is 19.5 Å². The summed E-state index contributed by atoms with van der Waals surface area (Å²) in [6, 6.07) is 21.8. The van der Waals surface area contributed by atoms with Crippen molar-refractivity contribution < 1.29 is 4.90 Å². The van der Waals surface area contributed by atoms with E-state index >= 15 is 0 Å². The third-order valence-corrected chi connectivity index (χ3v) is 4.55. The summed E-state index contributed by atoms with van der Waals surface area (Å²) in [6.45, 7) is 8.96. The Kier molecular flexibility index (Phi) is 6.91. The highest BCUT2D eigenvalue weighted by Gasteiger charge is 2.13. The first kappa shape index (κ1) is 17.3. The maximum Gasteiger partial charge on any atom is 0.146 e. The summed E-state index contributed by atoms with van der Waals surface area (Å²) >= 11 is 0. The Morgan fingerprint density at radius 2 is 1.30 bits per heavy atom. The fourth-order valence-corrected chi connectivity index (χ4v) is 3.08. The minimum atomic E-state index is 0.351. The number of nitrogens with one attached hydrogen (secondary N) is 1. The van der Waals surface area contributed by atoms with Gasteiger partial charge in [0.2, 0.25) is 0 Å². The van der Waals surface area contributed by atoms with Gasteiger partial charge in [0.25, 0.3) is 0 Å². The van der Waals surface area contributed by atoms with Crippen LogP contribution in [-0.4, -0.2) is 19.1 Å². The highest BCUT2D eigenvalue weighted by Crippen LogP contribution is 2.27. The molecule has 120 valence electrons. The molecule has 0 spiro atoms. The molecular weight excluding hydrogens is 278 g/mol. The van der Waals surface area contributed by atoms with Gasteiger partial charge in [0.15, 0.2) is 0 Å². The second kappa shape index (κ2) is 9.18. The zero-order chi connectivity index (χ0) is 16.5. The number of rotatable bonds is 6. The van der Waals surface area contributed by atoms with Gasteiger partial charge >= 0.3 is 0 Å². The Balaban J connectivity index is 2.17. The molecule has 0 saturated heterocycles. The summed E-state index contributed by atoms with van der Waals surface area (Å²) in [4.78, 5) is 1.55. The zero-order valence-electron chi connectivity index (χ0n) is 14.5. The van der Waals surface area contributed by atoms with Crippen molar-refractivity contribution in [2.24, 2.45) is 0 Å². The van der Waals surface area contributed by atoms with Crippen LogP contribution in [-0.2, 0) is 0 Å². The predicted molar refractivity (Wildman–Crippen MR) is 98.6 cm³/mol. The van der Waals surface area contributed by atoms with Crippen molar-refractivity contribution in [1.29, 1.82) is 0 Å². The van der Waals surface area contributed by atoms with Gasteiger partial charge in [0, 0.05) is 12.3 Å². The molecule has 0 aliphatic heterocycles. The number of benzene rings is 2. The van der Waals surface area contributed by atoms with Crippen LogP contribution in [0.15, 0.2) is 60.7 Å². The van der Waals surface area contributed by atoms with Crippen molar-refractivity contribution in [3.05, 3.63) is 71.8 Å². The average Bonchev–Trinajstić information content (AvgIpc) is 2.61. The monoisotopic (exact) mass is 306 g/mol. The lowest BCUT2D eigenvalue weighted by Crippen LogP contribution is -3.14. The van der Waals surface area contributed by atoms with Crippen LogP contribution in [0.25, 0.3) is 0 Å². The van der Waals surface area contributed by atoms with E-state index in [4.69, 9.17) is 0 Å². The standard InChI is InChI=1S/C22H27N/c1-4-23(5-2)19(3)13-12-18-22(20-14-8-6-9-15-20)21-16-10-7-11-17-21/h6-11,14-17,19,22H,4-5,18H2,1-3H3/p+1. The van der Waals surface area contributed by atoms with E-state index in [1.807, 2.05) is 0 Å². The highest BCUT2D eigenvalue weighted by molar-refractivity contribution is 5.34. The summed E-state index contributed by atoms with van der Waals surface area (Å²) in [5.74, 6) is 7.28. The summed E-state index contributed by atoms with van der Waals surface area (Å²) in [6.07, 6.45) is 0.874. The first-order valence-electron chi connectivity index (χ1n) is 8.69. The summed E-state index contributed by atoms with van der Waals surface area (Å²) in [5.41, 5.74) is 2.69. The van der Waals surface area contributed by atoms with Crippen LogP contribution >= 0.6 is 0 Å². The van der Waals surface area contributed by atoms with Gasteiger partial charge in [0.1, 0.15) is 6.04 Å². The average molecular weight is 306 g/mol. The molecule has 0 aliphatic carbocycles. The van der Waals surface area contributed by atoms with Crippen molar-refractivity contribution in [2.45, 2.75) is 39.2 Å². The largest absolute Gasteiger partial charge is 0.323 e. The van der Waals surface area contributed by atoms with E-state index in [0.29, 0.717) is 12.0 Å². The van der Waals surface area contributed by atoms with Crippen molar-refractivity contribution in [3.63, 3.8) is 0 Å². The van der Waals surface area contributed by atoms with Gasteiger partial charge < -0.3 is 4.90 Å². The molecule has 0 fully saturated rings. The number of quaternary nitrogens is 1. The molecule has 0 bridgehead atoms. The van der Waals surface area contributed by atoms with Crippen LogP contribution in [0, 0.1) is 11.8 Å². The van der Waals surface area contributed by atoms with E-state index in [-0.39, 0.29) is 0 Å². The van der Waals surface area contributed by atoms with Gasteiger partial charge in [-0.3, -0.25) is 0 Å². The topological polar surface area (TPSA) is 4.44 Å². The quantitative estimate of drug-likeness (QED) is 0.779. The van der Waals surface area contributed by atoms with E-state index in [2.05, 4.69) is 93.3 Å². The minimum Gasteiger partial charge on any atom is -0.323 e. The Bertz CT molecular complexity index is 578. The summed E-state index contributed by atoms with van der Waals surface area (Å²) < 4.78 is 0. The van der Waals surface area contributed by atoms with Crippen LogP contribution in [0.5, 0.6) is 0 Å². The molecule has 23 heavy (non-hydrogen) atoms. The van der Waals surface area contributed by atoms with Crippen LogP contribution in [0.3, 0.4) is 0 Å². The minimum absolute atomic E-state index is 0.351. The smallest absolute Gasteiger partial charge is 0.146 e. The van der Waals surface area contributed by atoms with Crippen LogP contribution < -0.4 is 4.90 Å². The maximum atomic E-state index is 3.47. The molecule has 0 aliphatic rings. The van der Waals surface area contributed by atoms with E-state index < -0.39 is 0 Å². The van der Waals surface area contributed by atoms with E-state index in [1.165, 1.54) is 11.1 Å². The molecule has 0 amide bonds. The molecule has 1 unspecified atom stereocenters. The van der Waals surface area contributed by atoms with Crippen molar-refractivity contribution in [2.75, 3.05) is 13.1 Å². The maximum absolute atomic E-state index is 3.47. The lowest BCUT2D eigenvalue weighted by atomic mass is 9.89. The van der Waals surface area contributed by atoms with Gasteiger partial charge in [-0.25, -0.2) is 0 Å². The molecular formula is C22H28N+. The van der Waals surface area contributed by atoms with Crippen molar-refractivity contribution in [1.82, 2.24) is 0 Å². The third kappa shape index (κ3) is 4.98. The Hall–Kier alpha value is -2.04. The molecule has 1 nitrogen and oxygen atoms in total. The van der Waals surface area contributed by atoms with Gasteiger partial charge in [-0.1, -0.05) is 66.6 Å². The third-order valence-electron chi connectivity index (χ3n) is 4.55. The first-order valence-corrected chi connectivity index (χ1v) is 8.69. The van der Waals surface area contributed by atoms with Crippen LogP contribution in [0.4, 0.5) is 0 Å². The Morgan fingerprint density at radius 3 is 1.74 bits per heavy atom. The van der Waals surface area contributed by atoms with E-state index in [1.54, 1.807) is 4.90 Å². The molecule has 2 aromatic carbocycles.